The maximum Gasteiger partial charge on any atom is 0.254 e. The first-order chi connectivity index (χ1) is 8.16. The Labute approximate surface area is 105 Å². The summed E-state index contributed by atoms with van der Waals surface area (Å²) in [7, 11) is 0. The van der Waals surface area contributed by atoms with Crippen molar-refractivity contribution in [3.8, 4) is 0 Å². The first-order valence-corrected chi connectivity index (χ1v) is 5.55. The number of hydrogen-bond donors (Lipinski definition) is 3. The third-order valence-electron chi connectivity index (χ3n) is 2.04. The van der Waals surface area contributed by atoms with Crippen LogP contribution in [0.4, 0.5) is 5.69 Å². The van der Waals surface area contributed by atoms with Crippen LogP contribution in [0.5, 0.6) is 0 Å². The largest absolute Gasteiger partial charge is 0.398 e. The third-order valence-corrected chi connectivity index (χ3v) is 2.36. The first-order valence-electron chi connectivity index (χ1n) is 5.17. The van der Waals surface area contributed by atoms with Crippen LogP contribution in [0.15, 0.2) is 18.2 Å². The van der Waals surface area contributed by atoms with E-state index in [1.807, 2.05) is 0 Å². The molecule has 0 heterocycles. The van der Waals surface area contributed by atoms with Gasteiger partial charge in [-0.25, -0.2) is 0 Å². The van der Waals surface area contributed by atoms with Gasteiger partial charge in [0.2, 0.25) is 0 Å². The molecule has 0 aliphatic heterocycles. The number of nitrogens with two attached hydrogens (primary N) is 1. The number of ether oxygens (including phenoxy) is 1. The van der Waals surface area contributed by atoms with E-state index in [1.165, 1.54) is 0 Å². The van der Waals surface area contributed by atoms with Gasteiger partial charge in [0.05, 0.1) is 30.4 Å². The highest BCUT2D eigenvalue weighted by Gasteiger charge is 2.12. The minimum absolute atomic E-state index is 0.0363. The minimum atomic E-state index is -0.333. The molecule has 4 N–H and O–H groups in total. The van der Waals surface area contributed by atoms with E-state index in [0.29, 0.717) is 23.9 Å². The van der Waals surface area contributed by atoms with Gasteiger partial charge < -0.3 is 20.9 Å². The smallest absolute Gasteiger partial charge is 0.254 e. The predicted octanol–water partition coefficient (Wildman–Crippen LogP) is 0.661. The summed E-state index contributed by atoms with van der Waals surface area (Å²) in [4.78, 5) is 11.7. The Bertz CT molecular complexity index is 365. The molecule has 5 nitrogen and oxygen atoms in total. The molecule has 1 rings (SSSR count). The summed E-state index contributed by atoms with van der Waals surface area (Å²) in [5, 5.41) is 11.4. The summed E-state index contributed by atoms with van der Waals surface area (Å²) in [6.45, 7) is 0.885. The highest BCUT2D eigenvalue weighted by molar-refractivity contribution is 6.34. The zero-order valence-electron chi connectivity index (χ0n) is 9.28. The molecule has 0 aromatic heterocycles. The second-order valence-corrected chi connectivity index (χ2v) is 3.70. The molecule has 0 fully saturated rings. The average Bonchev–Trinajstić information content (AvgIpc) is 2.28. The molecule has 17 heavy (non-hydrogen) atoms. The van der Waals surface area contributed by atoms with E-state index in [9.17, 15) is 4.79 Å². The fraction of sp³-hybridized carbons (Fsp3) is 0.364. The van der Waals surface area contributed by atoms with Gasteiger partial charge in [-0.05, 0) is 12.1 Å². The third kappa shape index (κ3) is 4.22. The second kappa shape index (κ2) is 7.11. The van der Waals surface area contributed by atoms with Crippen LogP contribution in [-0.4, -0.2) is 37.4 Å². The van der Waals surface area contributed by atoms with E-state index < -0.39 is 0 Å². The van der Waals surface area contributed by atoms with E-state index in [2.05, 4.69) is 5.32 Å². The summed E-state index contributed by atoms with van der Waals surface area (Å²) < 4.78 is 5.00. The van der Waals surface area contributed by atoms with Crippen molar-refractivity contribution < 1.29 is 14.6 Å². The van der Waals surface area contributed by atoms with Crippen LogP contribution in [0.2, 0.25) is 5.02 Å². The monoisotopic (exact) mass is 258 g/mol. The zero-order chi connectivity index (χ0) is 12.7. The maximum absolute atomic E-state index is 11.7. The molecule has 0 atom stereocenters. The van der Waals surface area contributed by atoms with Crippen molar-refractivity contribution in [3.05, 3.63) is 28.8 Å². The molecule has 6 heteroatoms. The van der Waals surface area contributed by atoms with E-state index in [-0.39, 0.29) is 24.7 Å². The lowest BCUT2D eigenvalue weighted by molar-refractivity contribution is 0.0838. The van der Waals surface area contributed by atoms with Crippen LogP contribution in [0.25, 0.3) is 0 Å². The van der Waals surface area contributed by atoms with Crippen molar-refractivity contribution in [1.29, 1.82) is 0 Å². The Hall–Kier alpha value is -1.30. The van der Waals surface area contributed by atoms with Crippen LogP contribution in [0.1, 0.15) is 10.4 Å². The van der Waals surface area contributed by atoms with E-state index >= 15 is 0 Å². The molecule has 0 saturated carbocycles. The Kier molecular flexibility index (Phi) is 5.76. The van der Waals surface area contributed by atoms with Gasteiger partial charge in [-0.15, -0.1) is 0 Å². The second-order valence-electron chi connectivity index (χ2n) is 3.30. The van der Waals surface area contributed by atoms with E-state index in [0.717, 1.165) is 0 Å². The number of carbonyl (C=O) groups is 1. The van der Waals surface area contributed by atoms with Gasteiger partial charge in [0.25, 0.3) is 5.91 Å². The van der Waals surface area contributed by atoms with Gasteiger partial charge in [0, 0.05) is 12.2 Å². The lowest BCUT2D eigenvalue weighted by Gasteiger charge is -2.09. The van der Waals surface area contributed by atoms with Crippen molar-refractivity contribution in [2.24, 2.45) is 0 Å². The number of aliphatic hydroxyl groups is 1. The van der Waals surface area contributed by atoms with Crippen molar-refractivity contribution in [3.63, 3.8) is 0 Å². The van der Waals surface area contributed by atoms with Gasteiger partial charge in [0.15, 0.2) is 0 Å². The molecule has 1 amide bonds. The highest BCUT2D eigenvalue weighted by Crippen LogP contribution is 2.21. The van der Waals surface area contributed by atoms with Crippen LogP contribution in [0, 0.1) is 0 Å². The molecule has 1 aromatic carbocycles. The van der Waals surface area contributed by atoms with Crippen LogP contribution in [-0.2, 0) is 4.74 Å². The maximum atomic E-state index is 11.7. The van der Waals surface area contributed by atoms with Gasteiger partial charge in [-0.2, -0.15) is 0 Å². The highest BCUT2D eigenvalue weighted by atomic mass is 35.5. The number of benzene rings is 1. The topological polar surface area (TPSA) is 84.6 Å². The number of anilines is 1. The summed E-state index contributed by atoms with van der Waals surface area (Å²) >= 11 is 5.88. The van der Waals surface area contributed by atoms with E-state index in [4.69, 9.17) is 27.2 Å². The number of amides is 1. The summed E-state index contributed by atoms with van der Waals surface area (Å²) in [6.07, 6.45) is 0. The van der Waals surface area contributed by atoms with Crippen molar-refractivity contribution in [2.45, 2.75) is 0 Å². The first kappa shape index (κ1) is 13.8. The summed E-state index contributed by atoms with van der Waals surface area (Å²) in [6, 6.07) is 4.90. The minimum Gasteiger partial charge on any atom is -0.398 e. The number of halogens is 1. The van der Waals surface area contributed by atoms with Crippen LogP contribution in [0.3, 0.4) is 0 Å². The van der Waals surface area contributed by atoms with Gasteiger partial charge in [-0.3, -0.25) is 4.79 Å². The van der Waals surface area contributed by atoms with E-state index in [1.54, 1.807) is 18.2 Å². The lowest BCUT2D eigenvalue weighted by Crippen LogP contribution is -2.28. The zero-order valence-corrected chi connectivity index (χ0v) is 10.0. The van der Waals surface area contributed by atoms with Crippen LogP contribution < -0.4 is 11.1 Å². The SMILES string of the molecule is Nc1cccc(Cl)c1C(=O)NCCOCCO. The molecular formula is C11H15ClN2O3. The Morgan fingerprint density at radius 1 is 1.47 bits per heavy atom. The molecule has 1 aromatic rings. The Morgan fingerprint density at radius 3 is 2.88 bits per heavy atom. The number of nitrogen functional groups attached to an aromatic ring is 1. The van der Waals surface area contributed by atoms with Crippen LogP contribution >= 0.6 is 11.6 Å². The molecule has 0 aliphatic carbocycles. The molecule has 0 unspecified atom stereocenters. The molecular weight excluding hydrogens is 244 g/mol. The Balaban J connectivity index is 2.47. The summed E-state index contributed by atoms with van der Waals surface area (Å²) in [5.74, 6) is -0.333. The Morgan fingerprint density at radius 2 is 2.24 bits per heavy atom. The quantitative estimate of drug-likeness (QED) is 0.517. The van der Waals surface area contributed by atoms with Gasteiger partial charge in [-0.1, -0.05) is 17.7 Å². The lowest BCUT2D eigenvalue weighted by atomic mass is 10.1. The molecule has 0 radical (unpaired) electrons. The van der Waals surface area contributed by atoms with Crippen molar-refractivity contribution in [1.82, 2.24) is 5.32 Å². The molecule has 0 bridgehead atoms. The number of hydrogen-bond acceptors (Lipinski definition) is 4. The van der Waals surface area contributed by atoms with Crippen molar-refractivity contribution in [2.75, 3.05) is 32.1 Å². The molecule has 0 aliphatic rings. The van der Waals surface area contributed by atoms with Gasteiger partial charge in [0.1, 0.15) is 0 Å². The standard InChI is InChI=1S/C11H15ClN2O3/c12-8-2-1-3-9(13)10(8)11(16)14-4-6-17-7-5-15/h1-3,15H,4-7,13H2,(H,14,16). The molecule has 0 spiro atoms. The fourth-order valence-corrected chi connectivity index (χ4v) is 1.54. The number of aliphatic hydroxyl groups excluding tert-OH is 1. The predicted molar refractivity (Wildman–Crippen MR) is 66.1 cm³/mol. The van der Waals surface area contributed by atoms with Crippen molar-refractivity contribution >= 4 is 23.2 Å². The van der Waals surface area contributed by atoms with Gasteiger partial charge >= 0.3 is 0 Å². The fourth-order valence-electron chi connectivity index (χ4n) is 1.27. The molecule has 0 saturated heterocycles. The normalized spacial score (nSPS) is 10.2. The number of carbonyl (C=O) groups excluding carboxylic acids is 1. The molecule has 94 valence electrons. The number of rotatable bonds is 6. The average molecular weight is 259 g/mol. The number of nitrogens with one attached hydrogen (secondary N) is 1. The summed E-state index contributed by atoms with van der Waals surface area (Å²) in [5.41, 5.74) is 6.28.